The highest BCUT2D eigenvalue weighted by Gasteiger charge is 2.47. The third-order valence-corrected chi connectivity index (χ3v) is 6.42. The summed E-state index contributed by atoms with van der Waals surface area (Å²) in [7, 11) is 2.70. The summed E-state index contributed by atoms with van der Waals surface area (Å²) in [6, 6.07) is 12.6. The molecule has 1 amide bonds. The molecule has 1 aliphatic heterocycles. The van der Waals surface area contributed by atoms with Crippen LogP contribution in [-0.4, -0.2) is 31.0 Å². The highest BCUT2D eigenvalue weighted by atomic mass is 35.5. The van der Waals surface area contributed by atoms with E-state index < -0.39 is 29.3 Å². The Morgan fingerprint density at radius 1 is 1.00 bits per heavy atom. The SMILES string of the molecule is COc1c(Cl)cc(/C(O)=C2\C(=O)C(=O)N(c3ccccc3C)C2c2ccc(F)cc2)c(OC)c1Cl. The second kappa shape index (κ2) is 9.60. The van der Waals surface area contributed by atoms with Gasteiger partial charge in [-0.2, -0.15) is 0 Å². The Balaban J connectivity index is 2.03. The fourth-order valence-corrected chi connectivity index (χ4v) is 4.85. The molecule has 0 spiro atoms. The quantitative estimate of drug-likeness (QED) is 0.253. The topological polar surface area (TPSA) is 76.1 Å². The van der Waals surface area contributed by atoms with Gasteiger partial charge in [-0.3, -0.25) is 14.5 Å². The van der Waals surface area contributed by atoms with Crippen LogP contribution in [0.25, 0.3) is 5.76 Å². The number of hydrogen-bond acceptors (Lipinski definition) is 5. The standard InChI is InChI=1S/C26H20Cl2FNO5/c1-13-6-4-5-7-18(13)30-21(14-8-10-15(29)11-9-14)19(23(32)26(30)33)22(31)16-12-17(27)25(35-3)20(28)24(16)34-2/h4-12,21,31H,1-3H3/b22-19+. The fraction of sp³-hybridized carbons (Fsp3) is 0.154. The van der Waals surface area contributed by atoms with E-state index in [2.05, 4.69) is 0 Å². The zero-order valence-corrected chi connectivity index (χ0v) is 20.4. The van der Waals surface area contributed by atoms with Crippen molar-refractivity contribution in [2.45, 2.75) is 13.0 Å². The number of hydrogen-bond donors (Lipinski definition) is 1. The van der Waals surface area contributed by atoms with Crippen molar-refractivity contribution in [3.8, 4) is 11.5 Å². The van der Waals surface area contributed by atoms with Crippen molar-refractivity contribution in [2.75, 3.05) is 19.1 Å². The maximum Gasteiger partial charge on any atom is 0.300 e. The summed E-state index contributed by atoms with van der Waals surface area (Å²) in [4.78, 5) is 27.9. The maximum atomic E-state index is 13.7. The summed E-state index contributed by atoms with van der Waals surface area (Å²) in [5.74, 6) is -2.68. The van der Waals surface area contributed by atoms with Crippen LogP contribution in [0.1, 0.15) is 22.7 Å². The van der Waals surface area contributed by atoms with E-state index in [4.69, 9.17) is 32.7 Å². The van der Waals surface area contributed by atoms with Crippen LogP contribution in [-0.2, 0) is 9.59 Å². The number of amides is 1. The van der Waals surface area contributed by atoms with Crippen LogP contribution < -0.4 is 14.4 Å². The Labute approximate surface area is 211 Å². The lowest BCUT2D eigenvalue weighted by molar-refractivity contribution is -0.132. The van der Waals surface area contributed by atoms with Crippen molar-refractivity contribution in [3.05, 3.63) is 92.7 Å². The Morgan fingerprint density at radius 3 is 2.23 bits per heavy atom. The molecule has 3 aromatic rings. The van der Waals surface area contributed by atoms with Crippen LogP contribution in [0.4, 0.5) is 10.1 Å². The van der Waals surface area contributed by atoms with Crippen molar-refractivity contribution >= 4 is 46.3 Å². The number of aryl methyl sites for hydroxylation is 1. The van der Waals surface area contributed by atoms with Crippen molar-refractivity contribution in [1.29, 1.82) is 0 Å². The lowest BCUT2D eigenvalue weighted by Gasteiger charge is -2.27. The molecule has 1 unspecified atom stereocenters. The molecule has 35 heavy (non-hydrogen) atoms. The molecule has 1 atom stereocenters. The number of carbonyl (C=O) groups is 2. The van der Waals surface area contributed by atoms with E-state index in [9.17, 15) is 19.1 Å². The van der Waals surface area contributed by atoms with E-state index in [1.54, 1.807) is 31.2 Å². The van der Waals surface area contributed by atoms with Gasteiger partial charge in [0.25, 0.3) is 11.7 Å². The summed E-state index contributed by atoms with van der Waals surface area (Å²) in [6.45, 7) is 1.79. The molecule has 0 saturated carbocycles. The number of nitrogens with zero attached hydrogens (tertiary/aromatic N) is 1. The number of anilines is 1. The van der Waals surface area contributed by atoms with Crippen molar-refractivity contribution < 1.29 is 28.6 Å². The third kappa shape index (κ3) is 4.11. The monoisotopic (exact) mass is 515 g/mol. The van der Waals surface area contributed by atoms with Gasteiger partial charge in [0.05, 0.1) is 36.4 Å². The second-order valence-electron chi connectivity index (χ2n) is 7.79. The van der Waals surface area contributed by atoms with Gasteiger partial charge in [-0.1, -0.05) is 53.5 Å². The van der Waals surface area contributed by atoms with Crippen molar-refractivity contribution in [2.24, 2.45) is 0 Å². The fourth-order valence-electron chi connectivity index (χ4n) is 4.17. The highest BCUT2D eigenvalue weighted by Crippen LogP contribution is 2.48. The van der Waals surface area contributed by atoms with Crippen LogP contribution >= 0.6 is 23.2 Å². The predicted octanol–water partition coefficient (Wildman–Crippen LogP) is 6.08. The molecule has 0 bridgehead atoms. The van der Waals surface area contributed by atoms with Crippen molar-refractivity contribution in [3.63, 3.8) is 0 Å². The van der Waals surface area contributed by atoms with Gasteiger partial charge in [-0.25, -0.2) is 4.39 Å². The first kappa shape index (κ1) is 24.6. The molecule has 1 saturated heterocycles. The summed E-state index contributed by atoms with van der Waals surface area (Å²) in [5, 5.41) is 11.5. The molecule has 0 radical (unpaired) electrons. The van der Waals surface area contributed by atoms with Gasteiger partial charge in [-0.15, -0.1) is 0 Å². The smallest absolute Gasteiger partial charge is 0.300 e. The van der Waals surface area contributed by atoms with E-state index in [1.165, 1.54) is 49.5 Å². The molecule has 6 nitrogen and oxygen atoms in total. The van der Waals surface area contributed by atoms with Crippen LogP contribution in [0.3, 0.4) is 0 Å². The predicted molar refractivity (Wildman–Crippen MR) is 132 cm³/mol. The van der Waals surface area contributed by atoms with Crippen molar-refractivity contribution in [1.82, 2.24) is 0 Å². The first-order chi connectivity index (χ1) is 16.7. The normalized spacial score (nSPS) is 17.1. The average molecular weight is 516 g/mol. The molecule has 1 N–H and O–H groups in total. The van der Waals surface area contributed by atoms with E-state index in [1.807, 2.05) is 0 Å². The molecule has 9 heteroatoms. The highest BCUT2D eigenvalue weighted by molar-refractivity contribution is 6.52. The average Bonchev–Trinajstić information content (AvgIpc) is 3.09. The van der Waals surface area contributed by atoms with Gasteiger partial charge < -0.3 is 14.6 Å². The molecule has 1 fully saturated rings. The molecule has 1 aliphatic rings. The molecule has 0 aromatic heterocycles. The van der Waals surface area contributed by atoms with Gasteiger partial charge in [0, 0.05) is 5.69 Å². The summed E-state index contributed by atoms with van der Waals surface area (Å²) in [5.41, 5.74) is 1.40. The largest absolute Gasteiger partial charge is 0.507 e. The number of ether oxygens (including phenoxy) is 2. The molecule has 180 valence electrons. The molecule has 3 aromatic carbocycles. The number of ketones is 1. The number of benzene rings is 3. The number of rotatable bonds is 5. The summed E-state index contributed by atoms with van der Waals surface area (Å²) < 4.78 is 24.3. The third-order valence-electron chi connectivity index (χ3n) is 5.80. The minimum atomic E-state index is -1.05. The van der Waals surface area contributed by atoms with E-state index in [0.717, 1.165) is 5.56 Å². The first-order valence-corrected chi connectivity index (χ1v) is 11.2. The zero-order chi connectivity index (χ0) is 25.4. The molecule has 4 rings (SSSR count). The van der Waals surface area contributed by atoms with Crippen LogP contribution in [0, 0.1) is 12.7 Å². The Kier molecular flexibility index (Phi) is 6.74. The number of aliphatic hydroxyl groups excluding tert-OH is 1. The van der Waals surface area contributed by atoms with Crippen LogP contribution in [0.15, 0.2) is 60.2 Å². The van der Waals surface area contributed by atoms with Crippen LogP contribution in [0.5, 0.6) is 11.5 Å². The van der Waals surface area contributed by atoms with Gasteiger partial charge in [0.2, 0.25) is 0 Å². The number of aliphatic hydroxyl groups is 1. The molecule has 0 aliphatic carbocycles. The van der Waals surface area contributed by atoms with Gasteiger partial charge in [0.15, 0.2) is 11.5 Å². The van der Waals surface area contributed by atoms with Crippen LogP contribution in [0.2, 0.25) is 10.0 Å². The van der Waals surface area contributed by atoms with E-state index in [0.29, 0.717) is 11.3 Å². The zero-order valence-electron chi connectivity index (χ0n) is 18.9. The Hall–Kier alpha value is -3.55. The van der Waals surface area contributed by atoms with Gasteiger partial charge in [0.1, 0.15) is 16.6 Å². The number of para-hydroxylation sites is 1. The lowest BCUT2D eigenvalue weighted by atomic mass is 9.94. The lowest BCUT2D eigenvalue weighted by Crippen LogP contribution is -2.30. The molecular weight excluding hydrogens is 496 g/mol. The first-order valence-electron chi connectivity index (χ1n) is 10.4. The van der Waals surface area contributed by atoms with Gasteiger partial charge >= 0.3 is 0 Å². The second-order valence-corrected chi connectivity index (χ2v) is 8.58. The summed E-state index contributed by atoms with van der Waals surface area (Å²) in [6.07, 6.45) is 0. The van der Waals surface area contributed by atoms with E-state index in [-0.39, 0.29) is 32.7 Å². The number of methoxy groups -OCH3 is 2. The number of carbonyl (C=O) groups excluding carboxylic acids is 2. The maximum absolute atomic E-state index is 13.7. The van der Waals surface area contributed by atoms with E-state index >= 15 is 0 Å². The molecular formula is C26H20Cl2FNO5. The molecule has 1 heterocycles. The Bertz CT molecular complexity index is 1370. The summed E-state index contributed by atoms with van der Waals surface area (Å²) >= 11 is 12.7. The number of halogens is 3. The Morgan fingerprint density at radius 2 is 1.63 bits per heavy atom. The van der Waals surface area contributed by atoms with Gasteiger partial charge in [-0.05, 0) is 42.3 Å². The number of Topliss-reactive ketones (excluding diaryl/α,β-unsaturated/α-hetero) is 1. The minimum Gasteiger partial charge on any atom is -0.507 e. The minimum absolute atomic E-state index is 0.00167.